The van der Waals surface area contributed by atoms with Crippen molar-refractivity contribution in [2.75, 3.05) is 0 Å². The van der Waals surface area contributed by atoms with E-state index in [2.05, 4.69) is 26.8 Å². The highest BCUT2D eigenvalue weighted by molar-refractivity contribution is 5.98. The second-order valence-corrected chi connectivity index (χ2v) is 9.47. The highest BCUT2D eigenvalue weighted by atomic mass is 16.5. The molecule has 0 radical (unpaired) electrons. The molecule has 29 heavy (non-hydrogen) atoms. The first-order valence-corrected chi connectivity index (χ1v) is 10.2. The molecule has 2 aliphatic carbocycles. The second kappa shape index (κ2) is 6.09. The molecule has 150 valence electrons. The molecule has 5 rings (SSSR count). The predicted molar refractivity (Wildman–Crippen MR) is 111 cm³/mol. The van der Waals surface area contributed by atoms with Crippen molar-refractivity contribution in [3.05, 3.63) is 63.1 Å². The maximum absolute atomic E-state index is 12.5. The van der Waals surface area contributed by atoms with Crippen molar-refractivity contribution < 1.29 is 14.6 Å². The van der Waals surface area contributed by atoms with Gasteiger partial charge in [-0.2, -0.15) is 0 Å². The molecule has 0 saturated heterocycles. The number of rotatable bonds is 3. The molecule has 1 N–H and O–H groups in total. The van der Waals surface area contributed by atoms with Crippen LogP contribution in [0.2, 0.25) is 0 Å². The van der Waals surface area contributed by atoms with Crippen molar-refractivity contribution in [1.82, 2.24) is 4.57 Å². The van der Waals surface area contributed by atoms with E-state index in [1.807, 2.05) is 16.7 Å². The van der Waals surface area contributed by atoms with Gasteiger partial charge in [0.05, 0.1) is 6.10 Å². The molecule has 3 aliphatic rings. The molecule has 1 atom stereocenters. The van der Waals surface area contributed by atoms with Gasteiger partial charge < -0.3 is 14.4 Å². The molecule has 1 aliphatic heterocycles. The number of pyridine rings is 1. The van der Waals surface area contributed by atoms with E-state index < -0.39 is 11.4 Å². The Hall–Kier alpha value is -2.82. The number of allylic oxidation sites excluding steroid dienone is 2. The van der Waals surface area contributed by atoms with Crippen LogP contribution in [0.25, 0.3) is 11.1 Å². The lowest BCUT2D eigenvalue weighted by Gasteiger charge is -2.39. The average Bonchev–Trinajstić information content (AvgIpc) is 3.37. The lowest BCUT2D eigenvalue weighted by molar-refractivity contribution is 0.0693. The van der Waals surface area contributed by atoms with Gasteiger partial charge in [-0.25, -0.2) is 4.79 Å². The fourth-order valence-electron chi connectivity index (χ4n) is 4.66. The number of benzene rings is 1. The van der Waals surface area contributed by atoms with Crippen molar-refractivity contribution in [3.8, 4) is 5.75 Å². The molecule has 0 spiro atoms. The van der Waals surface area contributed by atoms with E-state index in [9.17, 15) is 14.7 Å². The Morgan fingerprint density at radius 3 is 2.62 bits per heavy atom. The van der Waals surface area contributed by atoms with Crippen LogP contribution in [0.1, 0.15) is 73.3 Å². The van der Waals surface area contributed by atoms with Crippen molar-refractivity contribution >= 4 is 17.1 Å². The van der Waals surface area contributed by atoms with Gasteiger partial charge in [-0.1, -0.05) is 32.9 Å². The summed E-state index contributed by atoms with van der Waals surface area (Å²) in [5.74, 6) is -0.227. The van der Waals surface area contributed by atoms with Crippen LogP contribution in [0.3, 0.4) is 0 Å². The number of carbonyl (C=O) groups is 1. The first-order chi connectivity index (χ1) is 13.7. The lowest BCUT2D eigenvalue weighted by Crippen LogP contribution is -2.32. The van der Waals surface area contributed by atoms with E-state index in [4.69, 9.17) is 4.74 Å². The Bertz CT molecular complexity index is 1130. The Morgan fingerprint density at radius 2 is 1.97 bits per heavy atom. The van der Waals surface area contributed by atoms with Gasteiger partial charge >= 0.3 is 5.97 Å². The van der Waals surface area contributed by atoms with Crippen LogP contribution in [-0.2, 0) is 6.42 Å². The topological polar surface area (TPSA) is 68.5 Å². The molecule has 2 aromatic rings. The largest absolute Gasteiger partial charge is 0.490 e. The maximum Gasteiger partial charge on any atom is 0.341 e. The van der Waals surface area contributed by atoms with E-state index in [0.717, 1.165) is 42.7 Å². The molecule has 1 fully saturated rings. The number of aromatic nitrogens is 1. The average molecular weight is 391 g/mol. The third-order valence-corrected chi connectivity index (χ3v) is 6.35. The van der Waals surface area contributed by atoms with Crippen LogP contribution in [0.4, 0.5) is 0 Å². The summed E-state index contributed by atoms with van der Waals surface area (Å²) in [5.41, 5.74) is 4.95. The summed E-state index contributed by atoms with van der Waals surface area (Å²) in [7, 11) is 0. The summed E-state index contributed by atoms with van der Waals surface area (Å²) in [6, 6.07) is 7.82. The van der Waals surface area contributed by atoms with Crippen molar-refractivity contribution in [3.63, 3.8) is 0 Å². The number of carboxylic acids is 1. The van der Waals surface area contributed by atoms with Crippen LogP contribution in [0, 0.1) is 5.41 Å². The molecule has 0 bridgehead atoms. The summed E-state index contributed by atoms with van der Waals surface area (Å²) >= 11 is 0. The van der Waals surface area contributed by atoms with Crippen LogP contribution >= 0.6 is 0 Å². The third-order valence-electron chi connectivity index (χ3n) is 6.35. The summed E-state index contributed by atoms with van der Waals surface area (Å²) in [4.78, 5) is 24.1. The fraction of sp³-hybridized carbons (Fsp3) is 0.417. The Labute approximate surface area is 169 Å². The molecule has 5 nitrogen and oxygen atoms in total. The monoisotopic (exact) mass is 391 g/mol. The predicted octanol–water partition coefficient (Wildman–Crippen LogP) is 4.55. The van der Waals surface area contributed by atoms with Crippen molar-refractivity contribution in [2.24, 2.45) is 5.41 Å². The molecule has 0 unspecified atom stereocenters. The van der Waals surface area contributed by atoms with Gasteiger partial charge in [0.2, 0.25) is 0 Å². The second-order valence-electron chi connectivity index (χ2n) is 9.47. The van der Waals surface area contributed by atoms with Gasteiger partial charge in [-0.05, 0) is 47.5 Å². The van der Waals surface area contributed by atoms with Gasteiger partial charge in [-0.3, -0.25) is 4.79 Å². The third kappa shape index (κ3) is 2.91. The zero-order chi connectivity index (χ0) is 20.5. The summed E-state index contributed by atoms with van der Waals surface area (Å²) in [6.07, 6.45) is 5.63. The van der Waals surface area contributed by atoms with E-state index in [1.165, 1.54) is 22.8 Å². The zero-order valence-electron chi connectivity index (χ0n) is 17.0. The van der Waals surface area contributed by atoms with E-state index in [1.54, 1.807) is 6.20 Å². The van der Waals surface area contributed by atoms with Crippen LogP contribution in [0.15, 0.2) is 35.3 Å². The molecule has 5 heteroatoms. The Kier molecular flexibility index (Phi) is 3.83. The Balaban J connectivity index is 1.68. The summed E-state index contributed by atoms with van der Waals surface area (Å²) < 4.78 is 8.18. The number of carboxylic acid groups (broad SMARTS) is 1. The minimum atomic E-state index is -1.17. The van der Waals surface area contributed by atoms with Crippen LogP contribution < -0.4 is 10.2 Å². The molecule has 1 saturated carbocycles. The molecule has 0 amide bonds. The SMILES string of the molecule is CC(C)(C)[C@@H]1CC2=C(Cc3c(OC4CC4)cccc32)c2cc(=O)c(C(=O)O)cn21. The summed E-state index contributed by atoms with van der Waals surface area (Å²) in [6.45, 7) is 6.48. The van der Waals surface area contributed by atoms with E-state index in [0.29, 0.717) is 6.10 Å². The highest BCUT2D eigenvalue weighted by Gasteiger charge is 2.39. The summed E-state index contributed by atoms with van der Waals surface area (Å²) in [5, 5.41) is 9.47. The van der Waals surface area contributed by atoms with E-state index >= 15 is 0 Å². The lowest BCUT2D eigenvalue weighted by atomic mass is 9.78. The Morgan fingerprint density at radius 1 is 1.21 bits per heavy atom. The number of hydrogen-bond donors (Lipinski definition) is 1. The molecule has 2 heterocycles. The maximum atomic E-state index is 12.5. The number of aromatic carboxylic acids is 1. The first-order valence-electron chi connectivity index (χ1n) is 10.2. The molecular weight excluding hydrogens is 366 g/mol. The van der Waals surface area contributed by atoms with E-state index in [-0.39, 0.29) is 17.0 Å². The quantitative estimate of drug-likeness (QED) is 0.834. The fourth-order valence-corrected chi connectivity index (χ4v) is 4.66. The molecule has 1 aromatic heterocycles. The standard InChI is InChI=1S/C24H25NO4/c1-24(2,3)22-10-15-14-5-4-6-21(29-13-7-8-13)17(14)9-16(15)19-11-20(26)18(23(27)28)12-25(19)22/h4-6,11-13,22H,7-10H2,1-3H3,(H,27,28)/t22-/m0/s1. The number of nitrogens with zero attached hydrogens (tertiary/aromatic N) is 1. The molecule has 1 aromatic carbocycles. The van der Waals surface area contributed by atoms with Gasteiger partial charge in [0.1, 0.15) is 11.3 Å². The van der Waals surface area contributed by atoms with Gasteiger partial charge in [0.15, 0.2) is 5.43 Å². The number of ether oxygens (including phenoxy) is 1. The minimum Gasteiger partial charge on any atom is -0.490 e. The van der Waals surface area contributed by atoms with Crippen LogP contribution in [-0.4, -0.2) is 21.7 Å². The van der Waals surface area contributed by atoms with Gasteiger partial charge in [-0.15, -0.1) is 0 Å². The minimum absolute atomic E-state index is 0.0638. The van der Waals surface area contributed by atoms with Crippen molar-refractivity contribution in [1.29, 1.82) is 0 Å². The highest BCUT2D eigenvalue weighted by Crippen LogP contribution is 2.52. The first kappa shape index (κ1) is 18.2. The molecular formula is C24H25NO4. The number of hydrogen-bond acceptors (Lipinski definition) is 3. The smallest absolute Gasteiger partial charge is 0.341 e. The van der Waals surface area contributed by atoms with Gasteiger partial charge in [0, 0.05) is 36.0 Å². The van der Waals surface area contributed by atoms with Gasteiger partial charge in [0.25, 0.3) is 0 Å². The van der Waals surface area contributed by atoms with Crippen molar-refractivity contribution in [2.45, 2.75) is 58.6 Å². The number of fused-ring (bicyclic) bond motifs is 4. The zero-order valence-corrected chi connectivity index (χ0v) is 17.0. The van der Waals surface area contributed by atoms with Crippen LogP contribution in [0.5, 0.6) is 5.75 Å². The normalized spacial score (nSPS) is 20.2.